The van der Waals surface area contributed by atoms with Crippen molar-refractivity contribution in [3.05, 3.63) is 0 Å². The number of ether oxygens (including phenoxy) is 3. The summed E-state index contributed by atoms with van der Waals surface area (Å²) >= 11 is 0. The lowest BCUT2D eigenvalue weighted by Gasteiger charge is -2.62. The maximum Gasteiger partial charge on any atom is 0.303 e. The van der Waals surface area contributed by atoms with Crippen molar-refractivity contribution < 1.29 is 33.7 Å². The van der Waals surface area contributed by atoms with Gasteiger partial charge in [0.1, 0.15) is 18.3 Å². The summed E-state index contributed by atoms with van der Waals surface area (Å²) in [5.74, 6) is 0.919. The monoisotopic (exact) mass is 478 g/mol. The summed E-state index contributed by atoms with van der Waals surface area (Å²) in [5.41, 5.74) is -1.38. The van der Waals surface area contributed by atoms with Gasteiger partial charge >= 0.3 is 17.9 Å². The van der Waals surface area contributed by atoms with E-state index in [4.69, 9.17) is 14.2 Å². The maximum atomic E-state index is 12.1. The van der Waals surface area contributed by atoms with Crippen LogP contribution in [0.25, 0.3) is 0 Å². The molecule has 0 aromatic carbocycles. The molecule has 0 unspecified atom stereocenters. The molecule has 0 bridgehead atoms. The predicted molar refractivity (Wildman–Crippen MR) is 124 cm³/mol. The van der Waals surface area contributed by atoms with Crippen molar-refractivity contribution >= 4 is 17.9 Å². The van der Waals surface area contributed by atoms with E-state index < -0.39 is 29.1 Å². The van der Waals surface area contributed by atoms with Gasteiger partial charge in [0.15, 0.2) is 6.10 Å². The van der Waals surface area contributed by atoms with E-state index in [0.29, 0.717) is 30.1 Å². The molecule has 1 N–H and O–H groups in total. The molecule has 0 aromatic heterocycles. The average Bonchev–Trinajstić information content (AvgIpc) is 3.02. The van der Waals surface area contributed by atoms with Crippen molar-refractivity contribution in [2.75, 3.05) is 6.61 Å². The molecule has 4 saturated carbocycles. The fourth-order valence-corrected chi connectivity index (χ4v) is 8.80. The fourth-order valence-electron chi connectivity index (χ4n) is 8.80. The van der Waals surface area contributed by atoms with Gasteiger partial charge in [-0.15, -0.1) is 0 Å². The van der Waals surface area contributed by atoms with Gasteiger partial charge in [0, 0.05) is 26.2 Å². The predicted octanol–water partition coefficient (Wildman–Crippen LogP) is 4.19. The van der Waals surface area contributed by atoms with Crippen LogP contribution >= 0.6 is 0 Å². The highest BCUT2D eigenvalue weighted by Gasteiger charge is 2.67. The van der Waals surface area contributed by atoms with Crippen molar-refractivity contribution in [1.29, 1.82) is 0 Å². The van der Waals surface area contributed by atoms with Gasteiger partial charge < -0.3 is 19.3 Å². The molecule has 0 aliphatic heterocycles. The van der Waals surface area contributed by atoms with Crippen LogP contribution < -0.4 is 0 Å². The van der Waals surface area contributed by atoms with Crippen molar-refractivity contribution in [3.8, 4) is 0 Å². The van der Waals surface area contributed by atoms with Gasteiger partial charge in [0.25, 0.3) is 0 Å². The van der Waals surface area contributed by atoms with Gasteiger partial charge in [-0.25, -0.2) is 0 Å². The zero-order valence-electron chi connectivity index (χ0n) is 21.4. The molecule has 7 heteroatoms. The highest BCUT2D eigenvalue weighted by Crippen LogP contribution is 2.69. The van der Waals surface area contributed by atoms with E-state index in [-0.39, 0.29) is 24.1 Å². The number of aliphatic hydroxyl groups is 1. The maximum absolute atomic E-state index is 12.1. The molecule has 192 valence electrons. The summed E-state index contributed by atoms with van der Waals surface area (Å²) in [6.07, 6.45) is 7.74. The van der Waals surface area contributed by atoms with E-state index >= 15 is 0 Å². The molecule has 0 heterocycles. The summed E-state index contributed by atoms with van der Waals surface area (Å²) in [6, 6.07) is 0. The Kier molecular flexibility index (Phi) is 6.82. The van der Waals surface area contributed by atoms with Crippen molar-refractivity contribution in [2.24, 2.45) is 34.5 Å². The molecule has 4 aliphatic carbocycles. The highest BCUT2D eigenvalue weighted by atomic mass is 16.6. The molecule has 0 amide bonds. The van der Waals surface area contributed by atoms with Crippen LogP contribution in [-0.2, 0) is 28.6 Å². The zero-order chi connectivity index (χ0) is 24.9. The number of esters is 3. The lowest BCUT2D eigenvalue weighted by Crippen LogP contribution is -2.61. The summed E-state index contributed by atoms with van der Waals surface area (Å²) < 4.78 is 16.4. The zero-order valence-corrected chi connectivity index (χ0v) is 21.4. The molecule has 4 rings (SSSR count). The third-order valence-corrected chi connectivity index (χ3v) is 10.4. The summed E-state index contributed by atoms with van der Waals surface area (Å²) in [6.45, 7) is 8.66. The quantitative estimate of drug-likeness (QED) is 0.467. The highest BCUT2D eigenvalue weighted by molar-refractivity contribution is 5.67. The normalized spacial score (nSPS) is 44.1. The first kappa shape index (κ1) is 25.5. The first-order valence-corrected chi connectivity index (χ1v) is 13.1. The first-order valence-electron chi connectivity index (χ1n) is 13.1. The van der Waals surface area contributed by atoms with Crippen LogP contribution in [0.4, 0.5) is 0 Å². The number of carbonyl (C=O) groups is 3. The lowest BCUT2D eigenvalue weighted by atomic mass is 9.44. The summed E-state index contributed by atoms with van der Waals surface area (Å²) in [5, 5.41) is 12.1. The van der Waals surface area contributed by atoms with E-state index in [0.717, 1.165) is 51.4 Å². The topological polar surface area (TPSA) is 99.1 Å². The largest absolute Gasteiger partial charge is 0.463 e. The second kappa shape index (κ2) is 9.11. The second-order valence-corrected chi connectivity index (χ2v) is 12.0. The summed E-state index contributed by atoms with van der Waals surface area (Å²) in [4.78, 5) is 34.9. The van der Waals surface area contributed by atoms with Crippen molar-refractivity contribution in [1.82, 2.24) is 0 Å². The van der Waals surface area contributed by atoms with Crippen LogP contribution in [0.3, 0.4) is 0 Å². The molecule has 0 saturated heterocycles. The van der Waals surface area contributed by atoms with Crippen LogP contribution in [0, 0.1) is 34.5 Å². The van der Waals surface area contributed by atoms with Gasteiger partial charge in [-0.05, 0) is 86.9 Å². The first-order chi connectivity index (χ1) is 15.9. The van der Waals surface area contributed by atoms with Crippen LogP contribution in [0.2, 0.25) is 0 Å². The SMILES string of the molecule is CC(=O)OC[C@@H](OC(C)=O)[C@]1(O)CC[C@@H]2[C@@H]3CC[C@H]4C[C@H](OC(C)=O)CC[C@]4(C)[C@@H]3CC[C@]21C. The Morgan fingerprint density at radius 2 is 1.59 bits per heavy atom. The minimum absolute atomic E-state index is 0.0447. The Labute approximate surface area is 203 Å². The standard InChI is InChI=1S/C27H42O7/c1-16(28)32-15-24(34-18(3)30)27(31)13-10-23-21-7-6-19-14-20(33-17(2)29)8-11-25(19,4)22(21)9-12-26(23,27)5/h19-24,31H,6-15H2,1-5H3/t19-,20+,21+,22+,23+,24+,25-,26+,27+/m0/s1. The van der Waals surface area contributed by atoms with E-state index in [9.17, 15) is 19.5 Å². The van der Waals surface area contributed by atoms with E-state index in [1.54, 1.807) is 0 Å². The Balaban J connectivity index is 1.55. The lowest BCUT2D eigenvalue weighted by molar-refractivity contribution is -0.213. The Bertz CT molecular complexity index is 826. The van der Waals surface area contributed by atoms with E-state index in [1.807, 2.05) is 0 Å². The molecule has 7 nitrogen and oxygen atoms in total. The minimum atomic E-state index is -1.21. The van der Waals surface area contributed by atoms with Gasteiger partial charge in [0.2, 0.25) is 0 Å². The number of fused-ring (bicyclic) bond motifs is 5. The third kappa shape index (κ3) is 4.16. The van der Waals surface area contributed by atoms with Crippen LogP contribution in [0.1, 0.15) is 92.4 Å². The number of hydrogen-bond acceptors (Lipinski definition) is 7. The Morgan fingerprint density at radius 3 is 2.24 bits per heavy atom. The number of rotatable bonds is 5. The van der Waals surface area contributed by atoms with Gasteiger partial charge in [-0.1, -0.05) is 13.8 Å². The Hall–Kier alpha value is -1.63. The molecule has 4 aliphatic rings. The van der Waals surface area contributed by atoms with Gasteiger partial charge in [-0.3, -0.25) is 14.4 Å². The van der Waals surface area contributed by atoms with E-state index in [2.05, 4.69) is 13.8 Å². The average molecular weight is 479 g/mol. The third-order valence-electron chi connectivity index (χ3n) is 10.4. The molecule has 4 fully saturated rings. The molecular weight excluding hydrogens is 436 g/mol. The molecule has 0 aromatic rings. The van der Waals surface area contributed by atoms with Crippen LogP contribution in [0.15, 0.2) is 0 Å². The van der Waals surface area contributed by atoms with Crippen molar-refractivity contribution in [2.45, 2.75) is 110 Å². The van der Waals surface area contributed by atoms with Gasteiger partial charge in [-0.2, -0.15) is 0 Å². The van der Waals surface area contributed by atoms with E-state index in [1.165, 1.54) is 20.8 Å². The van der Waals surface area contributed by atoms with Gasteiger partial charge in [0.05, 0.1) is 0 Å². The molecule has 34 heavy (non-hydrogen) atoms. The fraction of sp³-hybridized carbons (Fsp3) is 0.889. The number of carbonyl (C=O) groups excluding carboxylic acids is 3. The summed E-state index contributed by atoms with van der Waals surface area (Å²) in [7, 11) is 0. The van der Waals surface area contributed by atoms with Crippen LogP contribution in [-0.4, -0.2) is 47.4 Å². The minimum Gasteiger partial charge on any atom is -0.463 e. The molecule has 9 atom stereocenters. The smallest absolute Gasteiger partial charge is 0.303 e. The molecule has 0 spiro atoms. The van der Waals surface area contributed by atoms with Crippen molar-refractivity contribution in [3.63, 3.8) is 0 Å². The second-order valence-electron chi connectivity index (χ2n) is 12.0. The molecular formula is C27H42O7. The number of hydrogen-bond donors (Lipinski definition) is 1. The Morgan fingerprint density at radius 1 is 0.882 bits per heavy atom. The molecule has 0 radical (unpaired) electrons. The van der Waals surface area contributed by atoms with Crippen LogP contribution in [0.5, 0.6) is 0 Å².